The Morgan fingerprint density at radius 3 is 3.00 bits per heavy atom. The number of rotatable bonds is 3. The molecule has 0 amide bonds. The van der Waals surface area contributed by atoms with E-state index in [1.54, 1.807) is 12.5 Å². The van der Waals surface area contributed by atoms with Gasteiger partial charge in [-0.1, -0.05) is 0 Å². The minimum absolute atomic E-state index is 0.225. The number of hydrogen-bond donors (Lipinski definition) is 1. The second kappa shape index (κ2) is 3.97. The molecular formula is C12H14N4O2. The standard InChI is InChI=1S/C12H14N4O2/c1-15-7-14-11-9(15)2-3-13-12(11)16-5-8(6-16)4-10(17)18/h2-3,7-8H,4-6H2,1H3,(H,17,18). The van der Waals surface area contributed by atoms with Crippen molar-refractivity contribution in [3.63, 3.8) is 0 Å². The van der Waals surface area contributed by atoms with Crippen LogP contribution in [0.3, 0.4) is 0 Å². The maximum absolute atomic E-state index is 10.6. The lowest BCUT2D eigenvalue weighted by Gasteiger charge is -2.39. The van der Waals surface area contributed by atoms with Gasteiger partial charge in [-0.05, 0) is 6.07 Å². The molecular weight excluding hydrogens is 232 g/mol. The molecule has 6 heteroatoms. The Kier molecular flexibility index (Phi) is 2.43. The van der Waals surface area contributed by atoms with Crippen molar-refractivity contribution in [2.45, 2.75) is 6.42 Å². The zero-order valence-electron chi connectivity index (χ0n) is 10.1. The number of fused-ring (bicyclic) bond motifs is 1. The summed E-state index contributed by atoms with van der Waals surface area (Å²) in [6.07, 6.45) is 3.77. The summed E-state index contributed by atoms with van der Waals surface area (Å²) in [5.41, 5.74) is 1.93. The molecule has 1 aliphatic heterocycles. The second-order valence-electron chi connectivity index (χ2n) is 4.73. The van der Waals surface area contributed by atoms with Crippen LogP contribution >= 0.6 is 0 Å². The summed E-state index contributed by atoms with van der Waals surface area (Å²) in [7, 11) is 1.95. The molecule has 3 rings (SSSR count). The first-order valence-electron chi connectivity index (χ1n) is 5.88. The third-order valence-electron chi connectivity index (χ3n) is 3.34. The van der Waals surface area contributed by atoms with E-state index in [0.29, 0.717) is 0 Å². The summed E-state index contributed by atoms with van der Waals surface area (Å²) >= 11 is 0. The molecule has 0 aliphatic carbocycles. The fraction of sp³-hybridized carbons (Fsp3) is 0.417. The molecule has 94 valence electrons. The Morgan fingerprint density at radius 1 is 1.50 bits per heavy atom. The van der Waals surface area contributed by atoms with Crippen LogP contribution in [0.1, 0.15) is 6.42 Å². The van der Waals surface area contributed by atoms with Crippen molar-refractivity contribution in [1.29, 1.82) is 0 Å². The second-order valence-corrected chi connectivity index (χ2v) is 4.73. The van der Waals surface area contributed by atoms with Gasteiger partial charge in [0, 0.05) is 32.3 Å². The number of aryl methyl sites for hydroxylation is 1. The van der Waals surface area contributed by atoms with Crippen LogP contribution in [0.2, 0.25) is 0 Å². The number of hydrogen-bond acceptors (Lipinski definition) is 4. The van der Waals surface area contributed by atoms with E-state index in [1.165, 1.54) is 0 Å². The molecule has 1 fully saturated rings. The Balaban J connectivity index is 1.82. The number of pyridine rings is 1. The molecule has 6 nitrogen and oxygen atoms in total. The summed E-state index contributed by atoms with van der Waals surface area (Å²) in [5, 5.41) is 8.73. The highest BCUT2D eigenvalue weighted by Crippen LogP contribution is 2.29. The number of carboxylic acid groups (broad SMARTS) is 1. The Morgan fingerprint density at radius 2 is 2.28 bits per heavy atom. The van der Waals surface area contributed by atoms with E-state index in [1.807, 2.05) is 17.7 Å². The van der Waals surface area contributed by atoms with Crippen molar-refractivity contribution in [1.82, 2.24) is 14.5 Å². The summed E-state index contributed by atoms with van der Waals surface area (Å²) in [6, 6.07) is 1.93. The van der Waals surface area contributed by atoms with Crippen LogP contribution in [0.5, 0.6) is 0 Å². The minimum atomic E-state index is -0.733. The molecule has 2 aromatic heterocycles. The highest BCUT2D eigenvalue weighted by molar-refractivity contribution is 5.86. The van der Waals surface area contributed by atoms with Crippen molar-refractivity contribution in [3.8, 4) is 0 Å². The Hall–Kier alpha value is -2.11. The molecule has 3 heterocycles. The van der Waals surface area contributed by atoms with Crippen molar-refractivity contribution in [3.05, 3.63) is 18.6 Å². The number of aromatic nitrogens is 3. The normalized spacial score (nSPS) is 15.9. The maximum Gasteiger partial charge on any atom is 0.303 e. The summed E-state index contributed by atoms with van der Waals surface area (Å²) in [5.74, 6) is 0.349. The van der Waals surface area contributed by atoms with Crippen molar-refractivity contribution >= 4 is 22.8 Å². The van der Waals surface area contributed by atoms with Crippen molar-refractivity contribution < 1.29 is 9.90 Å². The van der Waals surface area contributed by atoms with Crippen molar-refractivity contribution in [2.75, 3.05) is 18.0 Å². The lowest BCUT2D eigenvalue weighted by Crippen LogP contribution is -2.48. The predicted molar refractivity (Wildman–Crippen MR) is 66.5 cm³/mol. The van der Waals surface area contributed by atoms with E-state index in [4.69, 9.17) is 5.11 Å². The van der Waals surface area contributed by atoms with Gasteiger partial charge in [0.15, 0.2) is 5.82 Å². The van der Waals surface area contributed by atoms with E-state index in [9.17, 15) is 4.79 Å². The van der Waals surface area contributed by atoms with Gasteiger partial charge in [0.25, 0.3) is 0 Å². The van der Waals surface area contributed by atoms with E-state index in [2.05, 4.69) is 14.9 Å². The van der Waals surface area contributed by atoms with Crippen LogP contribution in [-0.4, -0.2) is 38.7 Å². The predicted octanol–water partition coefficient (Wildman–Crippen LogP) is 0.879. The van der Waals surface area contributed by atoms with Gasteiger partial charge in [-0.15, -0.1) is 0 Å². The highest BCUT2D eigenvalue weighted by Gasteiger charge is 2.30. The van der Waals surface area contributed by atoms with Crippen LogP contribution in [0.4, 0.5) is 5.82 Å². The van der Waals surface area contributed by atoms with E-state index >= 15 is 0 Å². The number of aliphatic carboxylic acids is 1. The fourth-order valence-corrected chi connectivity index (χ4v) is 2.40. The molecule has 0 atom stereocenters. The average Bonchev–Trinajstić information content (AvgIpc) is 2.65. The molecule has 18 heavy (non-hydrogen) atoms. The smallest absolute Gasteiger partial charge is 0.303 e. The highest BCUT2D eigenvalue weighted by atomic mass is 16.4. The molecule has 0 unspecified atom stereocenters. The van der Waals surface area contributed by atoms with Gasteiger partial charge in [-0.3, -0.25) is 4.79 Å². The summed E-state index contributed by atoms with van der Waals surface area (Å²) in [4.78, 5) is 21.4. The number of anilines is 1. The monoisotopic (exact) mass is 246 g/mol. The minimum Gasteiger partial charge on any atom is -0.481 e. The van der Waals surface area contributed by atoms with E-state index in [-0.39, 0.29) is 12.3 Å². The van der Waals surface area contributed by atoms with Gasteiger partial charge in [0.2, 0.25) is 0 Å². The number of carbonyl (C=O) groups is 1. The number of nitrogens with zero attached hydrogens (tertiary/aromatic N) is 4. The first-order valence-corrected chi connectivity index (χ1v) is 5.88. The summed E-state index contributed by atoms with van der Waals surface area (Å²) < 4.78 is 1.95. The lowest BCUT2D eigenvalue weighted by atomic mass is 9.96. The summed E-state index contributed by atoms with van der Waals surface area (Å²) in [6.45, 7) is 1.49. The van der Waals surface area contributed by atoms with E-state index < -0.39 is 5.97 Å². The van der Waals surface area contributed by atoms with E-state index in [0.717, 1.165) is 29.9 Å². The molecule has 0 bridgehead atoms. The first-order chi connectivity index (χ1) is 8.65. The largest absolute Gasteiger partial charge is 0.481 e. The molecule has 0 spiro atoms. The molecule has 0 radical (unpaired) electrons. The first kappa shape index (κ1) is 11.0. The lowest BCUT2D eigenvalue weighted by molar-refractivity contribution is -0.138. The maximum atomic E-state index is 10.6. The SMILES string of the molecule is Cn1cnc2c(N3CC(CC(=O)O)C3)nccc21. The van der Waals surface area contributed by atoms with Crippen LogP contribution in [-0.2, 0) is 11.8 Å². The molecule has 1 aliphatic rings. The topological polar surface area (TPSA) is 71.2 Å². The van der Waals surface area contributed by atoms with Crippen LogP contribution < -0.4 is 4.90 Å². The van der Waals surface area contributed by atoms with Gasteiger partial charge < -0.3 is 14.6 Å². The van der Waals surface area contributed by atoms with Crippen LogP contribution in [0.25, 0.3) is 11.0 Å². The Bertz CT molecular complexity index is 601. The van der Waals surface area contributed by atoms with Gasteiger partial charge in [0.05, 0.1) is 18.3 Å². The van der Waals surface area contributed by atoms with Gasteiger partial charge in [-0.25, -0.2) is 9.97 Å². The Labute approximate surface area is 104 Å². The van der Waals surface area contributed by atoms with Crippen LogP contribution in [0.15, 0.2) is 18.6 Å². The fourth-order valence-electron chi connectivity index (χ4n) is 2.40. The zero-order chi connectivity index (χ0) is 12.7. The third kappa shape index (κ3) is 1.70. The molecule has 1 saturated heterocycles. The van der Waals surface area contributed by atoms with Crippen LogP contribution in [0, 0.1) is 5.92 Å². The molecule has 1 N–H and O–H groups in total. The molecule has 0 aromatic carbocycles. The zero-order valence-corrected chi connectivity index (χ0v) is 10.1. The average molecular weight is 246 g/mol. The van der Waals surface area contributed by atoms with Gasteiger partial charge in [-0.2, -0.15) is 0 Å². The van der Waals surface area contributed by atoms with Gasteiger partial charge in [0.1, 0.15) is 5.52 Å². The molecule has 0 saturated carbocycles. The third-order valence-corrected chi connectivity index (χ3v) is 3.34. The number of carboxylic acids is 1. The number of imidazole rings is 1. The quantitative estimate of drug-likeness (QED) is 0.870. The molecule has 2 aromatic rings. The van der Waals surface area contributed by atoms with Crippen molar-refractivity contribution in [2.24, 2.45) is 13.0 Å². The van der Waals surface area contributed by atoms with Gasteiger partial charge >= 0.3 is 5.97 Å².